The van der Waals surface area contributed by atoms with Crippen molar-refractivity contribution in [2.24, 2.45) is 0 Å². The molecular formula is C16H24BrNO2. The van der Waals surface area contributed by atoms with Gasteiger partial charge in [0, 0.05) is 29.7 Å². The maximum Gasteiger partial charge on any atom is 0.123 e. The first-order valence-electron chi connectivity index (χ1n) is 7.40. The van der Waals surface area contributed by atoms with Crippen molar-refractivity contribution in [2.45, 2.75) is 51.3 Å². The molecule has 2 unspecified atom stereocenters. The first-order chi connectivity index (χ1) is 9.72. The number of halogens is 1. The number of nitrogens with one attached hydrogen (secondary N) is 1. The number of benzene rings is 1. The predicted octanol–water partition coefficient (Wildman–Crippen LogP) is 3.90. The van der Waals surface area contributed by atoms with Gasteiger partial charge in [0.05, 0.1) is 12.7 Å². The average Bonchev–Trinajstić information content (AvgIpc) is 2.92. The molecule has 0 amide bonds. The van der Waals surface area contributed by atoms with Crippen LogP contribution < -0.4 is 10.1 Å². The third-order valence-electron chi connectivity index (χ3n) is 3.78. The molecule has 1 aromatic rings. The molecule has 1 aliphatic rings. The van der Waals surface area contributed by atoms with Crippen LogP contribution >= 0.6 is 15.9 Å². The van der Waals surface area contributed by atoms with Gasteiger partial charge in [0.1, 0.15) is 5.75 Å². The lowest BCUT2D eigenvalue weighted by atomic mass is 10.1. The van der Waals surface area contributed by atoms with Crippen molar-refractivity contribution in [3.05, 3.63) is 28.2 Å². The average molecular weight is 342 g/mol. The Balaban J connectivity index is 1.92. The molecule has 3 nitrogen and oxygen atoms in total. The van der Waals surface area contributed by atoms with Gasteiger partial charge in [-0.15, -0.1) is 0 Å². The van der Waals surface area contributed by atoms with E-state index in [2.05, 4.69) is 34.2 Å². The van der Waals surface area contributed by atoms with Crippen LogP contribution in [0.1, 0.15) is 38.2 Å². The van der Waals surface area contributed by atoms with Gasteiger partial charge in [0.25, 0.3) is 0 Å². The molecule has 0 heterocycles. The standard InChI is InChI=1S/C16H24BrNO2/c1-3-8-20-16-7-4-13(17)9-12(16)11-18-14-5-6-15(10-14)19-2/h4,7,9,14-15,18H,3,5-6,8,10-11H2,1-2H3. The van der Waals surface area contributed by atoms with Crippen molar-refractivity contribution >= 4 is 15.9 Å². The van der Waals surface area contributed by atoms with Crippen molar-refractivity contribution in [2.75, 3.05) is 13.7 Å². The molecule has 0 saturated heterocycles. The molecule has 0 aliphatic heterocycles. The lowest BCUT2D eigenvalue weighted by molar-refractivity contribution is 0.107. The smallest absolute Gasteiger partial charge is 0.123 e. The summed E-state index contributed by atoms with van der Waals surface area (Å²) in [4.78, 5) is 0. The summed E-state index contributed by atoms with van der Waals surface area (Å²) in [7, 11) is 1.80. The summed E-state index contributed by atoms with van der Waals surface area (Å²) in [5, 5.41) is 3.63. The van der Waals surface area contributed by atoms with Crippen molar-refractivity contribution in [3.63, 3.8) is 0 Å². The first kappa shape index (κ1) is 15.8. The molecule has 0 radical (unpaired) electrons. The Morgan fingerprint density at radius 1 is 1.35 bits per heavy atom. The normalized spacial score (nSPS) is 22.1. The Morgan fingerprint density at radius 2 is 2.20 bits per heavy atom. The summed E-state index contributed by atoms with van der Waals surface area (Å²) < 4.78 is 12.3. The zero-order valence-corrected chi connectivity index (χ0v) is 13.9. The van der Waals surface area contributed by atoms with Crippen LogP contribution in [0.5, 0.6) is 5.75 Å². The minimum absolute atomic E-state index is 0.422. The molecule has 1 fully saturated rings. The molecule has 20 heavy (non-hydrogen) atoms. The Labute approximate surface area is 130 Å². The van der Waals surface area contributed by atoms with Crippen molar-refractivity contribution in [1.82, 2.24) is 5.32 Å². The highest BCUT2D eigenvalue weighted by atomic mass is 79.9. The number of ether oxygens (including phenoxy) is 2. The van der Waals surface area contributed by atoms with Crippen molar-refractivity contribution in [3.8, 4) is 5.75 Å². The highest BCUT2D eigenvalue weighted by molar-refractivity contribution is 9.10. The molecule has 1 aliphatic carbocycles. The fourth-order valence-corrected chi connectivity index (χ4v) is 3.04. The molecule has 4 heteroatoms. The van der Waals surface area contributed by atoms with Gasteiger partial charge in [-0.05, 0) is 43.9 Å². The van der Waals surface area contributed by atoms with Crippen LogP contribution in [0.2, 0.25) is 0 Å². The summed E-state index contributed by atoms with van der Waals surface area (Å²) in [6.45, 7) is 3.74. The highest BCUT2D eigenvalue weighted by Gasteiger charge is 2.24. The van der Waals surface area contributed by atoms with Gasteiger partial charge in [0.15, 0.2) is 0 Å². The number of rotatable bonds is 7. The molecule has 1 saturated carbocycles. The second-order valence-corrected chi connectivity index (χ2v) is 6.26. The molecule has 0 spiro atoms. The maximum atomic E-state index is 5.81. The third kappa shape index (κ3) is 4.47. The second-order valence-electron chi connectivity index (χ2n) is 5.35. The summed E-state index contributed by atoms with van der Waals surface area (Å²) in [6.07, 6.45) is 4.91. The molecule has 1 N–H and O–H groups in total. The lowest BCUT2D eigenvalue weighted by Gasteiger charge is -2.16. The Hall–Kier alpha value is -0.580. The molecule has 2 rings (SSSR count). The van der Waals surface area contributed by atoms with E-state index >= 15 is 0 Å². The van der Waals surface area contributed by atoms with Crippen LogP contribution in [-0.4, -0.2) is 25.9 Å². The van der Waals surface area contributed by atoms with Crippen LogP contribution in [0.25, 0.3) is 0 Å². The van der Waals surface area contributed by atoms with Gasteiger partial charge in [-0.3, -0.25) is 0 Å². The van der Waals surface area contributed by atoms with Crippen LogP contribution in [0.3, 0.4) is 0 Å². The van der Waals surface area contributed by atoms with E-state index in [1.54, 1.807) is 7.11 Å². The summed E-state index contributed by atoms with van der Waals surface area (Å²) in [6, 6.07) is 6.77. The predicted molar refractivity (Wildman–Crippen MR) is 85.2 cm³/mol. The van der Waals surface area contributed by atoms with Crippen LogP contribution in [0.4, 0.5) is 0 Å². The van der Waals surface area contributed by atoms with E-state index in [9.17, 15) is 0 Å². The lowest BCUT2D eigenvalue weighted by Crippen LogP contribution is -2.26. The van der Waals surface area contributed by atoms with Crippen LogP contribution in [0.15, 0.2) is 22.7 Å². The molecule has 112 valence electrons. The van der Waals surface area contributed by atoms with Gasteiger partial charge in [-0.1, -0.05) is 22.9 Å². The number of methoxy groups -OCH3 is 1. The zero-order valence-electron chi connectivity index (χ0n) is 12.3. The van der Waals surface area contributed by atoms with Gasteiger partial charge >= 0.3 is 0 Å². The number of hydrogen-bond donors (Lipinski definition) is 1. The molecule has 2 atom stereocenters. The van der Waals surface area contributed by atoms with Gasteiger partial charge in [-0.2, -0.15) is 0 Å². The van der Waals surface area contributed by atoms with E-state index < -0.39 is 0 Å². The van der Waals surface area contributed by atoms with E-state index in [4.69, 9.17) is 9.47 Å². The Morgan fingerprint density at radius 3 is 2.90 bits per heavy atom. The van der Waals surface area contributed by atoms with E-state index in [-0.39, 0.29) is 0 Å². The maximum absolute atomic E-state index is 5.81. The zero-order chi connectivity index (χ0) is 14.4. The van der Waals surface area contributed by atoms with Gasteiger partial charge < -0.3 is 14.8 Å². The fraction of sp³-hybridized carbons (Fsp3) is 0.625. The topological polar surface area (TPSA) is 30.5 Å². The SMILES string of the molecule is CCCOc1ccc(Br)cc1CNC1CCC(OC)C1. The summed E-state index contributed by atoms with van der Waals surface area (Å²) >= 11 is 3.54. The monoisotopic (exact) mass is 341 g/mol. The molecule has 0 bridgehead atoms. The van der Waals surface area contributed by atoms with Gasteiger partial charge in [0.2, 0.25) is 0 Å². The molecule has 0 aromatic heterocycles. The molecular weight excluding hydrogens is 318 g/mol. The summed E-state index contributed by atoms with van der Waals surface area (Å²) in [5.74, 6) is 0.990. The van der Waals surface area contributed by atoms with E-state index in [0.717, 1.165) is 42.6 Å². The Kier molecular flexibility index (Phi) is 6.33. The van der Waals surface area contributed by atoms with E-state index in [1.165, 1.54) is 12.0 Å². The van der Waals surface area contributed by atoms with Crippen LogP contribution in [0, 0.1) is 0 Å². The third-order valence-corrected chi connectivity index (χ3v) is 4.28. The van der Waals surface area contributed by atoms with Crippen LogP contribution in [-0.2, 0) is 11.3 Å². The highest BCUT2D eigenvalue weighted by Crippen LogP contribution is 2.25. The fourth-order valence-electron chi connectivity index (χ4n) is 2.63. The minimum Gasteiger partial charge on any atom is -0.493 e. The van der Waals surface area contributed by atoms with Gasteiger partial charge in [-0.25, -0.2) is 0 Å². The minimum atomic E-state index is 0.422. The Bertz CT molecular complexity index is 425. The summed E-state index contributed by atoms with van der Waals surface area (Å²) in [5.41, 5.74) is 1.22. The first-order valence-corrected chi connectivity index (χ1v) is 8.19. The molecule has 1 aromatic carbocycles. The van der Waals surface area contributed by atoms with E-state index in [0.29, 0.717) is 12.1 Å². The second kappa shape index (κ2) is 8.01. The largest absolute Gasteiger partial charge is 0.493 e. The van der Waals surface area contributed by atoms with E-state index in [1.807, 2.05) is 12.1 Å². The van der Waals surface area contributed by atoms with Crippen molar-refractivity contribution in [1.29, 1.82) is 0 Å². The van der Waals surface area contributed by atoms with Crippen molar-refractivity contribution < 1.29 is 9.47 Å². The quantitative estimate of drug-likeness (QED) is 0.815. The number of hydrogen-bond acceptors (Lipinski definition) is 3.